The zero-order chi connectivity index (χ0) is 17.6. The Labute approximate surface area is 140 Å². The summed E-state index contributed by atoms with van der Waals surface area (Å²) in [5.41, 5.74) is 0. The monoisotopic (exact) mass is 338 g/mol. The summed E-state index contributed by atoms with van der Waals surface area (Å²) >= 11 is 0. The molecule has 23 heavy (non-hydrogen) atoms. The molecule has 0 saturated heterocycles. The molecule has 0 bridgehead atoms. The number of nitrogens with zero attached hydrogens (tertiary/aromatic N) is 4. The van der Waals surface area contributed by atoms with Gasteiger partial charge in [-0.1, -0.05) is 19.8 Å². The minimum absolute atomic E-state index is 0.276. The van der Waals surface area contributed by atoms with Crippen LogP contribution >= 0.6 is 0 Å². The molecule has 7 heteroatoms. The van der Waals surface area contributed by atoms with Gasteiger partial charge in [0.15, 0.2) is 5.25 Å². The van der Waals surface area contributed by atoms with Crippen LogP contribution < -0.4 is 0 Å². The van der Waals surface area contributed by atoms with Crippen molar-refractivity contribution >= 4 is 10.0 Å². The number of hydrogen-bond acceptors (Lipinski definition) is 5. The molecule has 0 aromatic heterocycles. The molecule has 1 unspecified atom stereocenters. The summed E-state index contributed by atoms with van der Waals surface area (Å²) in [4.78, 5) is 0. The fraction of sp³-hybridized carbons (Fsp3) is 0.812. The van der Waals surface area contributed by atoms with E-state index >= 15 is 0 Å². The Morgan fingerprint density at radius 3 is 1.70 bits per heavy atom. The van der Waals surface area contributed by atoms with E-state index in [4.69, 9.17) is 15.8 Å². The smallest absolute Gasteiger partial charge is 0.211 e. The Kier molecular flexibility index (Phi) is 12.0. The summed E-state index contributed by atoms with van der Waals surface area (Å²) in [5, 5.41) is 25.1. The van der Waals surface area contributed by atoms with Gasteiger partial charge in [-0.05, 0) is 32.1 Å². The van der Waals surface area contributed by atoms with Crippen molar-refractivity contribution in [3.63, 3.8) is 0 Å². The molecule has 0 aliphatic heterocycles. The van der Waals surface area contributed by atoms with Crippen molar-refractivity contribution in [3.05, 3.63) is 0 Å². The van der Waals surface area contributed by atoms with Crippen LogP contribution in [0.25, 0.3) is 0 Å². The molecule has 0 fully saturated rings. The van der Waals surface area contributed by atoms with Gasteiger partial charge in [-0.25, -0.2) is 12.7 Å². The van der Waals surface area contributed by atoms with Gasteiger partial charge < -0.3 is 0 Å². The quantitative estimate of drug-likeness (QED) is 0.479. The van der Waals surface area contributed by atoms with Gasteiger partial charge in [0, 0.05) is 25.9 Å². The van der Waals surface area contributed by atoms with E-state index in [0.717, 1.165) is 25.7 Å². The largest absolute Gasteiger partial charge is 0.230 e. The molecule has 0 N–H and O–H groups in total. The molecular weight excluding hydrogens is 312 g/mol. The first-order valence-corrected chi connectivity index (χ1v) is 9.67. The molecule has 0 heterocycles. The fourth-order valence-electron chi connectivity index (χ4n) is 2.25. The zero-order valence-electron chi connectivity index (χ0n) is 13.9. The van der Waals surface area contributed by atoms with Gasteiger partial charge in [-0.3, -0.25) is 0 Å². The first-order chi connectivity index (χ1) is 11.0. The highest BCUT2D eigenvalue weighted by atomic mass is 32.2. The maximum absolute atomic E-state index is 12.5. The van der Waals surface area contributed by atoms with Crippen LogP contribution in [0.1, 0.15) is 64.7 Å². The lowest BCUT2D eigenvalue weighted by atomic mass is 10.2. The van der Waals surface area contributed by atoms with Crippen molar-refractivity contribution in [3.8, 4) is 18.2 Å². The summed E-state index contributed by atoms with van der Waals surface area (Å²) < 4.78 is 26.5. The number of rotatable bonds is 13. The van der Waals surface area contributed by atoms with E-state index < -0.39 is 15.3 Å². The maximum atomic E-state index is 12.5. The summed E-state index contributed by atoms with van der Waals surface area (Å²) in [6.07, 6.45) is 5.77. The summed E-state index contributed by atoms with van der Waals surface area (Å²) in [6, 6.07) is 6.03. The Bertz CT molecular complexity index is 516. The lowest BCUT2D eigenvalue weighted by Gasteiger charge is -2.24. The van der Waals surface area contributed by atoms with Crippen LogP contribution in [-0.4, -0.2) is 31.1 Å². The van der Waals surface area contributed by atoms with E-state index in [-0.39, 0.29) is 6.42 Å². The van der Waals surface area contributed by atoms with Gasteiger partial charge in [-0.2, -0.15) is 15.8 Å². The summed E-state index contributed by atoms with van der Waals surface area (Å²) in [5.74, 6) is 0. The predicted octanol–water partition coefficient (Wildman–Crippen LogP) is 3.09. The van der Waals surface area contributed by atoms with E-state index in [1.807, 2.05) is 6.07 Å². The normalized spacial score (nSPS) is 12.3. The second kappa shape index (κ2) is 12.9. The predicted molar refractivity (Wildman–Crippen MR) is 88.3 cm³/mol. The standard InChI is InChI=1S/C16H26N4O2S/c1-2-16(15-19)23(21,22)20(13-9-5-3-7-11-17)14-10-6-4-8-12-18/h16H,2-10,13-14H2,1H3. The minimum Gasteiger partial charge on any atom is -0.211 e. The van der Waals surface area contributed by atoms with E-state index in [1.54, 1.807) is 6.92 Å². The summed E-state index contributed by atoms with van der Waals surface area (Å²) in [7, 11) is -3.61. The first-order valence-electron chi connectivity index (χ1n) is 8.17. The van der Waals surface area contributed by atoms with Gasteiger partial charge >= 0.3 is 0 Å². The first kappa shape index (κ1) is 21.4. The van der Waals surface area contributed by atoms with Gasteiger partial charge in [0.2, 0.25) is 10.0 Å². The van der Waals surface area contributed by atoms with E-state index in [0.29, 0.717) is 38.8 Å². The highest BCUT2D eigenvalue weighted by Crippen LogP contribution is 2.15. The van der Waals surface area contributed by atoms with Crippen molar-refractivity contribution in [2.75, 3.05) is 13.1 Å². The van der Waals surface area contributed by atoms with Gasteiger partial charge in [0.25, 0.3) is 0 Å². The van der Waals surface area contributed by atoms with Crippen LogP contribution in [0.5, 0.6) is 0 Å². The third-order valence-electron chi connectivity index (χ3n) is 3.63. The van der Waals surface area contributed by atoms with E-state index in [1.165, 1.54) is 4.31 Å². The highest BCUT2D eigenvalue weighted by Gasteiger charge is 2.30. The number of nitriles is 3. The zero-order valence-corrected chi connectivity index (χ0v) is 14.7. The molecule has 0 aromatic rings. The number of unbranched alkanes of at least 4 members (excludes halogenated alkanes) is 6. The number of hydrogen-bond donors (Lipinski definition) is 0. The molecule has 0 amide bonds. The molecule has 0 aliphatic rings. The molecule has 128 valence electrons. The lowest BCUT2D eigenvalue weighted by Crippen LogP contribution is -2.39. The molecule has 0 aliphatic carbocycles. The van der Waals surface area contributed by atoms with E-state index in [2.05, 4.69) is 12.1 Å². The Morgan fingerprint density at radius 1 is 0.870 bits per heavy atom. The minimum atomic E-state index is -3.61. The van der Waals surface area contributed by atoms with Crippen molar-refractivity contribution < 1.29 is 8.42 Å². The van der Waals surface area contributed by atoms with Crippen molar-refractivity contribution in [1.29, 1.82) is 15.8 Å². The average molecular weight is 338 g/mol. The second-order valence-corrected chi connectivity index (χ2v) is 7.52. The maximum Gasteiger partial charge on any atom is 0.230 e. The van der Waals surface area contributed by atoms with Crippen LogP contribution in [0.15, 0.2) is 0 Å². The van der Waals surface area contributed by atoms with Crippen molar-refractivity contribution in [1.82, 2.24) is 4.31 Å². The third kappa shape index (κ3) is 8.55. The highest BCUT2D eigenvalue weighted by molar-refractivity contribution is 7.90. The molecule has 0 radical (unpaired) electrons. The van der Waals surface area contributed by atoms with Crippen LogP contribution in [0, 0.1) is 34.0 Å². The molecule has 0 spiro atoms. The van der Waals surface area contributed by atoms with Crippen LogP contribution in [-0.2, 0) is 10.0 Å². The Hall–Kier alpha value is -1.62. The number of sulfonamides is 1. The van der Waals surface area contributed by atoms with Crippen molar-refractivity contribution in [2.24, 2.45) is 0 Å². The fourth-order valence-corrected chi connectivity index (χ4v) is 3.93. The molecule has 0 aromatic carbocycles. The lowest BCUT2D eigenvalue weighted by molar-refractivity contribution is 0.383. The molecule has 0 saturated carbocycles. The SMILES string of the molecule is CCC(C#N)S(=O)(=O)N(CCCCCC#N)CCCCCC#N. The van der Waals surface area contributed by atoms with Gasteiger partial charge in [-0.15, -0.1) is 0 Å². The molecule has 6 nitrogen and oxygen atoms in total. The molecule has 1 atom stereocenters. The average Bonchev–Trinajstić information content (AvgIpc) is 2.53. The van der Waals surface area contributed by atoms with Crippen LogP contribution in [0.4, 0.5) is 0 Å². The molecular formula is C16H26N4O2S. The Morgan fingerprint density at radius 2 is 1.35 bits per heavy atom. The topological polar surface area (TPSA) is 109 Å². The second-order valence-electron chi connectivity index (χ2n) is 5.41. The van der Waals surface area contributed by atoms with Crippen LogP contribution in [0.2, 0.25) is 0 Å². The van der Waals surface area contributed by atoms with Crippen LogP contribution in [0.3, 0.4) is 0 Å². The van der Waals surface area contributed by atoms with Gasteiger partial charge in [0.1, 0.15) is 0 Å². The third-order valence-corrected chi connectivity index (χ3v) is 5.87. The summed E-state index contributed by atoms with van der Waals surface area (Å²) in [6.45, 7) is 2.48. The molecule has 0 rings (SSSR count). The van der Waals surface area contributed by atoms with E-state index in [9.17, 15) is 8.42 Å². The Balaban J connectivity index is 4.63. The van der Waals surface area contributed by atoms with Crippen molar-refractivity contribution in [2.45, 2.75) is 70.0 Å². The van der Waals surface area contributed by atoms with Gasteiger partial charge in [0.05, 0.1) is 18.2 Å².